The number of aromatic nitrogens is 5. The summed E-state index contributed by atoms with van der Waals surface area (Å²) in [5.41, 5.74) is 2.27. The molecule has 0 N–H and O–H groups in total. The average molecular weight is 389 g/mol. The molecule has 5 aromatic rings. The first-order chi connectivity index (χ1) is 14.2. The molecular formula is C21H13F2N5O. The molecule has 3 heterocycles. The van der Waals surface area contributed by atoms with Crippen LogP contribution in [-0.2, 0) is 0 Å². The normalized spacial score (nSPS) is 11.4. The summed E-state index contributed by atoms with van der Waals surface area (Å²) in [6.45, 7) is 0. The third-order valence-electron chi connectivity index (χ3n) is 4.48. The Balaban J connectivity index is 1.68. The fourth-order valence-electron chi connectivity index (χ4n) is 3.09. The van der Waals surface area contributed by atoms with E-state index < -0.39 is 6.43 Å². The van der Waals surface area contributed by atoms with Gasteiger partial charge in [-0.15, -0.1) is 0 Å². The van der Waals surface area contributed by atoms with Gasteiger partial charge in [0.05, 0.1) is 11.9 Å². The zero-order chi connectivity index (χ0) is 19.8. The van der Waals surface area contributed by atoms with Crippen molar-refractivity contribution in [3.8, 4) is 34.1 Å². The van der Waals surface area contributed by atoms with Crippen LogP contribution < -0.4 is 0 Å². The van der Waals surface area contributed by atoms with Crippen molar-refractivity contribution in [1.29, 1.82) is 0 Å². The van der Waals surface area contributed by atoms with Crippen molar-refractivity contribution in [2.24, 2.45) is 0 Å². The summed E-state index contributed by atoms with van der Waals surface area (Å²) in [4.78, 5) is 8.94. The Kier molecular flexibility index (Phi) is 4.09. The summed E-state index contributed by atoms with van der Waals surface area (Å²) >= 11 is 0. The fourth-order valence-corrected chi connectivity index (χ4v) is 3.09. The molecule has 142 valence electrons. The van der Waals surface area contributed by atoms with Gasteiger partial charge in [0.2, 0.25) is 5.82 Å². The number of rotatable bonds is 4. The van der Waals surface area contributed by atoms with E-state index in [1.165, 1.54) is 12.3 Å². The molecule has 2 aromatic carbocycles. The number of hydrogen-bond acceptors (Lipinski definition) is 5. The minimum absolute atomic E-state index is 0.164. The molecule has 3 aromatic heterocycles. The highest BCUT2D eigenvalue weighted by molar-refractivity contribution is 5.75. The quantitative estimate of drug-likeness (QED) is 0.430. The molecule has 5 rings (SSSR count). The molecule has 0 aliphatic carbocycles. The summed E-state index contributed by atoms with van der Waals surface area (Å²) in [7, 11) is 0. The van der Waals surface area contributed by atoms with Gasteiger partial charge < -0.3 is 4.52 Å². The number of alkyl halides is 2. The predicted octanol–water partition coefficient (Wildman–Crippen LogP) is 5.05. The molecule has 0 atom stereocenters. The second kappa shape index (κ2) is 6.90. The average Bonchev–Trinajstić information content (AvgIpc) is 3.41. The zero-order valence-corrected chi connectivity index (χ0v) is 14.9. The van der Waals surface area contributed by atoms with Gasteiger partial charge in [-0.3, -0.25) is 0 Å². The van der Waals surface area contributed by atoms with E-state index in [9.17, 15) is 8.78 Å². The zero-order valence-electron chi connectivity index (χ0n) is 14.9. The maximum atomic E-state index is 13.7. The van der Waals surface area contributed by atoms with Crippen LogP contribution >= 0.6 is 0 Å². The van der Waals surface area contributed by atoms with E-state index in [-0.39, 0.29) is 17.2 Å². The van der Waals surface area contributed by atoms with Gasteiger partial charge in [-0.1, -0.05) is 65.8 Å². The van der Waals surface area contributed by atoms with Crippen LogP contribution in [0.5, 0.6) is 0 Å². The highest BCUT2D eigenvalue weighted by Gasteiger charge is 2.22. The van der Waals surface area contributed by atoms with Crippen LogP contribution in [0.15, 0.2) is 77.4 Å². The molecule has 0 bridgehead atoms. The molecule has 0 unspecified atom stereocenters. The molecule has 0 aliphatic rings. The van der Waals surface area contributed by atoms with Crippen LogP contribution in [0.2, 0.25) is 0 Å². The Morgan fingerprint density at radius 1 is 0.862 bits per heavy atom. The van der Waals surface area contributed by atoms with Gasteiger partial charge in [0.15, 0.2) is 5.65 Å². The Bertz CT molecular complexity index is 1280. The SMILES string of the molecule is FC(F)c1cc(-c2ccccc2)nc2c(-c3nc(-c4ccccc4)no3)cnn12. The van der Waals surface area contributed by atoms with Gasteiger partial charge in [-0.2, -0.15) is 10.1 Å². The molecule has 0 radical (unpaired) electrons. The monoisotopic (exact) mass is 389 g/mol. The van der Waals surface area contributed by atoms with Gasteiger partial charge in [-0.05, 0) is 6.07 Å². The van der Waals surface area contributed by atoms with Gasteiger partial charge in [0, 0.05) is 11.1 Å². The molecule has 0 amide bonds. The first kappa shape index (κ1) is 17.2. The van der Waals surface area contributed by atoms with E-state index in [2.05, 4.69) is 20.2 Å². The van der Waals surface area contributed by atoms with Crippen LogP contribution in [-0.4, -0.2) is 24.7 Å². The first-order valence-corrected chi connectivity index (χ1v) is 8.82. The summed E-state index contributed by atoms with van der Waals surface area (Å²) in [5, 5.41) is 8.07. The minimum atomic E-state index is -2.72. The minimum Gasteiger partial charge on any atom is -0.333 e. The van der Waals surface area contributed by atoms with Crippen LogP contribution in [0.3, 0.4) is 0 Å². The smallest absolute Gasteiger partial charge is 0.280 e. The van der Waals surface area contributed by atoms with Crippen molar-refractivity contribution in [3.05, 3.63) is 78.6 Å². The second-order valence-corrected chi connectivity index (χ2v) is 6.32. The fraction of sp³-hybridized carbons (Fsp3) is 0.0476. The Labute approximate surface area is 163 Å². The highest BCUT2D eigenvalue weighted by Crippen LogP contribution is 2.30. The van der Waals surface area contributed by atoms with Crippen molar-refractivity contribution in [2.45, 2.75) is 6.43 Å². The van der Waals surface area contributed by atoms with Gasteiger partial charge in [-0.25, -0.2) is 18.3 Å². The Hall–Kier alpha value is -3.94. The summed E-state index contributed by atoms with van der Waals surface area (Å²) in [5.74, 6) is 0.560. The molecular weight excluding hydrogens is 376 g/mol. The Morgan fingerprint density at radius 3 is 2.24 bits per heavy atom. The molecule has 29 heavy (non-hydrogen) atoms. The van der Waals surface area contributed by atoms with Crippen LogP contribution in [0, 0.1) is 0 Å². The van der Waals surface area contributed by atoms with E-state index in [0.717, 1.165) is 15.6 Å². The molecule has 0 aliphatic heterocycles. The van der Waals surface area contributed by atoms with E-state index in [0.29, 0.717) is 17.1 Å². The molecule has 0 saturated carbocycles. The van der Waals surface area contributed by atoms with Crippen LogP contribution in [0.4, 0.5) is 8.78 Å². The maximum Gasteiger partial charge on any atom is 0.280 e. The van der Waals surface area contributed by atoms with Crippen molar-refractivity contribution >= 4 is 5.65 Å². The lowest BCUT2D eigenvalue weighted by atomic mass is 10.1. The van der Waals surface area contributed by atoms with Crippen LogP contribution in [0.25, 0.3) is 39.7 Å². The molecule has 8 heteroatoms. The van der Waals surface area contributed by atoms with Crippen molar-refractivity contribution < 1.29 is 13.3 Å². The summed E-state index contributed by atoms with van der Waals surface area (Å²) in [6, 6.07) is 19.8. The van der Waals surface area contributed by atoms with E-state index >= 15 is 0 Å². The number of nitrogens with zero attached hydrogens (tertiary/aromatic N) is 5. The lowest BCUT2D eigenvalue weighted by Gasteiger charge is -2.07. The number of benzene rings is 2. The number of halogens is 2. The maximum absolute atomic E-state index is 13.7. The van der Waals surface area contributed by atoms with E-state index in [4.69, 9.17) is 4.52 Å². The third kappa shape index (κ3) is 3.04. The summed E-state index contributed by atoms with van der Waals surface area (Å²) < 4.78 is 33.9. The third-order valence-corrected chi connectivity index (χ3v) is 4.48. The molecule has 0 spiro atoms. The lowest BCUT2D eigenvalue weighted by molar-refractivity contribution is 0.143. The molecule has 6 nitrogen and oxygen atoms in total. The summed E-state index contributed by atoms with van der Waals surface area (Å²) in [6.07, 6.45) is -1.32. The first-order valence-electron chi connectivity index (χ1n) is 8.82. The van der Waals surface area contributed by atoms with Gasteiger partial charge in [0.1, 0.15) is 11.3 Å². The van der Waals surface area contributed by atoms with E-state index in [1.54, 1.807) is 0 Å². The van der Waals surface area contributed by atoms with Crippen molar-refractivity contribution in [3.63, 3.8) is 0 Å². The topological polar surface area (TPSA) is 69.1 Å². The van der Waals surface area contributed by atoms with Crippen LogP contribution in [0.1, 0.15) is 12.1 Å². The van der Waals surface area contributed by atoms with Crippen molar-refractivity contribution in [1.82, 2.24) is 24.7 Å². The molecule has 0 saturated heterocycles. The number of fused-ring (bicyclic) bond motifs is 1. The standard InChI is InChI=1S/C21H13F2N5O/c22-18(23)17-11-16(13-7-3-1-4-8-13)25-20-15(12-24-28(17)20)21-26-19(27-29-21)14-9-5-2-6-10-14/h1-12,18H. The molecule has 0 fully saturated rings. The highest BCUT2D eigenvalue weighted by atomic mass is 19.3. The van der Waals surface area contributed by atoms with E-state index in [1.807, 2.05) is 60.7 Å². The van der Waals surface area contributed by atoms with Gasteiger partial charge in [0.25, 0.3) is 12.3 Å². The van der Waals surface area contributed by atoms with Crippen molar-refractivity contribution in [2.75, 3.05) is 0 Å². The lowest BCUT2D eigenvalue weighted by Crippen LogP contribution is -2.02. The largest absolute Gasteiger partial charge is 0.333 e. The number of hydrogen-bond donors (Lipinski definition) is 0. The Morgan fingerprint density at radius 2 is 1.55 bits per heavy atom. The van der Waals surface area contributed by atoms with Gasteiger partial charge >= 0.3 is 0 Å². The second-order valence-electron chi connectivity index (χ2n) is 6.32. The predicted molar refractivity (Wildman–Crippen MR) is 102 cm³/mol.